The molecule has 0 aliphatic carbocycles. The maximum absolute atomic E-state index is 14.6. The average molecular weight is 500 g/mol. The van der Waals surface area contributed by atoms with Gasteiger partial charge in [-0.3, -0.25) is 0 Å². The standard InChI is InChI=1S/C24H9F9O2/c25-15-13(16(26)20(30)21(31)19(15)29)14-17(27)22(32)24(23(33)18(14)28)35-12-7-3-10(4-8-12)9-1-5-11(34)6-2-9/h1-8,34H. The second-order valence-electron chi connectivity index (χ2n) is 7.08. The molecular weight excluding hydrogens is 491 g/mol. The maximum atomic E-state index is 14.6. The van der Waals surface area contributed by atoms with Gasteiger partial charge in [-0.25, -0.2) is 30.7 Å². The second-order valence-corrected chi connectivity index (χ2v) is 7.08. The Balaban J connectivity index is 1.77. The van der Waals surface area contributed by atoms with E-state index >= 15 is 0 Å². The number of rotatable bonds is 4. The lowest BCUT2D eigenvalue weighted by atomic mass is 10.0. The zero-order valence-corrected chi connectivity index (χ0v) is 16.9. The minimum atomic E-state index is -2.65. The van der Waals surface area contributed by atoms with E-state index in [1.807, 2.05) is 0 Å². The van der Waals surface area contributed by atoms with Crippen LogP contribution in [0.5, 0.6) is 17.2 Å². The molecule has 0 saturated carbocycles. The van der Waals surface area contributed by atoms with Crippen molar-refractivity contribution in [3.63, 3.8) is 0 Å². The van der Waals surface area contributed by atoms with E-state index < -0.39 is 69.2 Å². The van der Waals surface area contributed by atoms with Crippen molar-refractivity contribution in [3.05, 3.63) is 101 Å². The average Bonchev–Trinajstić information content (AvgIpc) is 2.86. The van der Waals surface area contributed by atoms with Gasteiger partial charge in [0.05, 0.1) is 11.1 Å². The second kappa shape index (κ2) is 8.90. The van der Waals surface area contributed by atoms with Crippen molar-refractivity contribution in [2.45, 2.75) is 0 Å². The summed E-state index contributed by atoms with van der Waals surface area (Å²) in [5.41, 5.74) is -3.12. The van der Waals surface area contributed by atoms with Crippen LogP contribution in [0.2, 0.25) is 0 Å². The van der Waals surface area contributed by atoms with Crippen LogP contribution >= 0.6 is 0 Å². The molecule has 0 unspecified atom stereocenters. The maximum Gasteiger partial charge on any atom is 0.205 e. The van der Waals surface area contributed by atoms with E-state index in [0.717, 1.165) is 0 Å². The highest BCUT2D eigenvalue weighted by molar-refractivity contribution is 5.69. The summed E-state index contributed by atoms with van der Waals surface area (Å²) in [6, 6.07) is 11.1. The van der Waals surface area contributed by atoms with Crippen molar-refractivity contribution in [1.29, 1.82) is 0 Å². The van der Waals surface area contributed by atoms with Crippen LogP contribution in [0.3, 0.4) is 0 Å². The lowest BCUT2D eigenvalue weighted by Crippen LogP contribution is -2.09. The van der Waals surface area contributed by atoms with Gasteiger partial charge in [-0.05, 0) is 35.4 Å². The van der Waals surface area contributed by atoms with Gasteiger partial charge in [0, 0.05) is 0 Å². The summed E-state index contributed by atoms with van der Waals surface area (Å²) >= 11 is 0. The van der Waals surface area contributed by atoms with Crippen molar-refractivity contribution in [1.82, 2.24) is 0 Å². The number of hydrogen-bond donors (Lipinski definition) is 1. The van der Waals surface area contributed by atoms with Crippen molar-refractivity contribution in [3.8, 4) is 39.5 Å². The minimum Gasteiger partial charge on any atom is -0.508 e. The van der Waals surface area contributed by atoms with Gasteiger partial charge in [-0.15, -0.1) is 0 Å². The van der Waals surface area contributed by atoms with Crippen LogP contribution in [-0.4, -0.2) is 5.11 Å². The molecule has 0 aliphatic rings. The molecule has 180 valence electrons. The fourth-order valence-electron chi connectivity index (χ4n) is 3.23. The largest absolute Gasteiger partial charge is 0.508 e. The van der Waals surface area contributed by atoms with E-state index in [1.165, 1.54) is 36.4 Å². The van der Waals surface area contributed by atoms with E-state index in [0.29, 0.717) is 11.1 Å². The van der Waals surface area contributed by atoms with Crippen molar-refractivity contribution < 1.29 is 49.4 Å². The third-order valence-corrected chi connectivity index (χ3v) is 4.96. The molecule has 0 fully saturated rings. The van der Waals surface area contributed by atoms with Crippen LogP contribution in [0.25, 0.3) is 22.3 Å². The minimum absolute atomic E-state index is 0.0121. The van der Waals surface area contributed by atoms with Crippen LogP contribution < -0.4 is 4.74 Å². The zero-order valence-electron chi connectivity index (χ0n) is 16.9. The van der Waals surface area contributed by atoms with Gasteiger partial charge >= 0.3 is 0 Å². The van der Waals surface area contributed by atoms with Gasteiger partial charge < -0.3 is 9.84 Å². The predicted molar refractivity (Wildman–Crippen MR) is 105 cm³/mol. The topological polar surface area (TPSA) is 29.5 Å². The third-order valence-electron chi connectivity index (χ3n) is 4.96. The van der Waals surface area contributed by atoms with Crippen LogP contribution in [-0.2, 0) is 0 Å². The zero-order chi connectivity index (χ0) is 25.6. The van der Waals surface area contributed by atoms with E-state index in [-0.39, 0.29) is 11.5 Å². The molecule has 0 amide bonds. The molecule has 11 heteroatoms. The molecule has 0 aromatic heterocycles. The number of halogens is 9. The number of ether oxygens (including phenoxy) is 1. The van der Waals surface area contributed by atoms with Gasteiger partial charge in [-0.1, -0.05) is 24.3 Å². The summed E-state index contributed by atoms with van der Waals surface area (Å²) < 4.78 is 131. The molecule has 0 atom stereocenters. The van der Waals surface area contributed by atoms with Crippen molar-refractivity contribution >= 4 is 0 Å². The molecule has 1 N–H and O–H groups in total. The number of hydrogen-bond acceptors (Lipinski definition) is 2. The van der Waals surface area contributed by atoms with E-state index in [1.54, 1.807) is 12.1 Å². The van der Waals surface area contributed by atoms with Crippen LogP contribution in [0.15, 0.2) is 48.5 Å². The summed E-state index contributed by atoms with van der Waals surface area (Å²) in [7, 11) is 0. The van der Waals surface area contributed by atoms with Gasteiger partial charge in [0.1, 0.15) is 11.5 Å². The summed E-state index contributed by atoms with van der Waals surface area (Å²) in [5.74, 6) is -24.5. The number of phenols is 1. The van der Waals surface area contributed by atoms with Crippen LogP contribution in [0.1, 0.15) is 0 Å². The van der Waals surface area contributed by atoms with Crippen molar-refractivity contribution in [2.75, 3.05) is 0 Å². The molecule has 0 bridgehead atoms. The molecule has 0 spiro atoms. The molecule has 0 radical (unpaired) electrons. The molecule has 35 heavy (non-hydrogen) atoms. The Morgan fingerprint density at radius 2 is 0.771 bits per heavy atom. The quantitative estimate of drug-likeness (QED) is 0.176. The Morgan fingerprint density at radius 1 is 0.429 bits per heavy atom. The number of aromatic hydroxyl groups is 1. The predicted octanol–water partition coefficient (Wildman–Crippen LogP) is 7.77. The smallest absolute Gasteiger partial charge is 0.205 e. The van der Waals surface area contributed by atoms with E-state index in [9.17, 15) is 44.6 Å². The molecule has 2 nitrogen and oxygen atoms in total. The first-order valence-corrected chi connectivity index (χ1v) is 9.48. The first kappa shape index (κ1) is 24.0. The van der Waals surface area contributed by atoms with E-state index in [2.05, 4.69) is 0 Å². The third kappa shape index (κ3) is 4.02. The van der Waals surface area contributed by atoms with Crippen LogP contribution in [0.4, 0.5) is 39.5 Å². The number of benzene rings is 4. The molecule has 0 heterocycles. The Bertz CT molecular complexity index is 1390. The van der Waals surface area contributed by atoms with Gasteiger partial charge in [-0.2, -0.15) is 8.78 Å². The summed E-state index contributed by atoms with van der Waals surface area (Å²) in [4.78, 5) is 0. The summed E-state index contributed by atoms with van der Waals surface area (Å²) in [5, 5.41) is 9.32. The fourth-order valence-corrected chi connectivity index (χ4v) is 3.23. The molecule has 4 aromatic rings. The Labute approximate surface area is 190 Å². The van der Waals surface area contributed by atoms with Gasteiger partial charge in [0.15, 0.2) is 34.9 Å². The monoisotopic (exact) mass is 500 g/mol. The Hall–Kier alpha value is -4.15. The number of phenolic OH excluding ortho intramolecular Hbond substituents is 1. The lowest BCUT2D eigenvalue weighted by Gasteiger charge is -2.15. The molecule has 4 aromatic carbocycles. The SMILES string of the molecule is Oc1ccc(-c2ccc(Oc3c(F)c(F)c(-c4c(F)c(F)c(F)c(F)c4F)c(F)c3F)cc2)cc1. The van der Waals surface area contributed by atoms with E-state index in [4.69, 9.17) is 4.74 Å². The molecule has 4 rings (SSSR count). The first-order chi connectivity index (χ1) is 16.5. The molecule has 0 aliphatic heterocycles. The van der Waals surface area contributed by atoms with Gasteiger partial charge in [0.25, 0.3) is 0 Å². The Morgan fingerprint density at radius 3 is 1.20 bits per heavy atom. The summed E-state index contributed by atoms with van der Waals surface area (Å²) in [6.45, 7) is 0. The highest BCUT2D eigenvalue weighted by Gasteiger charge is 2.35. The normalized spacial score (nSPS) is 11.1. The first-order valence-electron chi connectivity index (χ1n) is 9.48. The molecule has 0 saturated heterocycles. The van der Waals surface area contributed by atoms with Gasteiger partial charge in [0.2, 0.25) is 23.2 Å². The molecular formula is C24H9F9O2. The summed E-state index contributed by atoms with van der Waals surface area (Å²) in [6.07, 6.45) is 0. The Kier molecular flexibility index (Phi) is 6.10. The lowest BCUT2D eigenvalue weighted by molar-refractivity contribution is 0.363. The van der Waals surface area contributed by atoms with Crippen LogP contribution in [0, 0.1) is 52.4 Å². The fraction of sp³-hybridized carbons (Fsp3) is 0. The van der Waals surface area contributed by atoms with Crippen molar-refractivity contribution in [2.24, 2.45) is 0 Å². The highest BCUT2D eigenvalue weighted by Crippen LogP contribution is 2.41. The highest BCUT2D eigenvalue weighted by atomic mass is 19.2.